The van der Waals surface area contributed by atoms with E-state index in [0.717, 1.165) is 43.0 Å². The standard InChI is InChI=1S/C21H22N4O2S/c26-20-19(28-21-22-14-23-25(20)21)18(17-7-4-12-27-17)24-10-8-16(9-11-24)13-15-5-2-1-3-6-15/h1-7,12,14,16,18,26H,8-11,13H2/t18-/m0/s1. The van der Waals surface area contributed by atoms with Crippen LogP contribution in [0.15, 0.2) is 59.5 Å². The maximum absolute atomic E-state index is 10.7. The molecule has 1 aliphatic heterocycles. The Balaban J connectivity index is 1.37. The monoisotopic (exact) mass is 394 g/mol. The molecule has 1 fully saturated rings. The molecule has 0 saturated carbocycles. The first-order valence-corrected chi connectivity index (χ1v) is 10.4. The van der Waals surface area contributed by atoms with Crippen LogP contribution in [0.25, 0.3) is 4.96 Å². The summed E-state index contributed by atoms with van der Waals surface area (Å²) in [5, 5.41) is 14.9. The summed E-state index contributed by atoms with van der Waals surface area (Å²) in [6.45, 7) is 1.94. The predicted octanol–water partition coefficient (Wildman–Crippen LogP) is 4.13. The molecule has 28 heavy (non-hydrogen) atoms. The van der Waals surface area contributed by atoms with Gasteiger partial charge in [0.25, 0.3) is 0 Å². The third kappa shape index (κ3) is 3.21. The molecule has 3 aromatic heterocycles. The summed E-state index contributed by atoms with van der Waals surface area (Å²) in [6, 6.07) is 14.5. The number of likely N-dealkylation sites (tertiary alicyclic amines) is 1. The van der Waals surface area contributed by atoms with E-state index in [9.17, 15) is 5.11 Å². The molecule has 1 aliphatic rings. The van der Waals surface area contributed by atoms with Crippen LogP contribution in [0.3, 0.4) is 0 Å². The zero-order valence-corrected chi connectivity index (χ0v) is 16.3. The van der Waals surface area contributed by atoms with Crippen molar-refractivity contribution in [2.75, 3.05) is 13.1 Å². The van der Waals surface area contributed by atoms with Crippen LogP contribution in [0.2, 0.25) is 0 Å². The Morgan fingerprint density at radius 2 is 1.96 bits per heavy atom. The van der Waals surface area contributed by atoms with E-state index in [1.54, 1.807) is 6.26 Å². The first-order valence-electron chi connectivity index (χ1n) is 9.62. The van der Waals surface area contributed by atoms with Crippen molar-refractivity contribution < 1.29 is 9.52 Å². The molecule has 1 saturated heterocycles. The van der Waals surface area contributed by atoms with E-state index < -0.39 is 0 Å². The van der Waals surface area contributed by atoms with Gasteiger partial charge in [-0.2, -0.15) is 9.61 Å². The van der Waals surface area contributed by atoms with Crippen LogP contribution < -0.4 is 0 Å². The fourth-order valence-electron chi connectivity index (χ4n) is 4.16. The van der Waals surface area contributed by atoms with Crippen LogP contribution in [-0.2, 0) is 6.42 Å². The number of furan rings is 1. The van der Waals surface area contributed by atoms with Gasteiger partial charge >= 0.3 is 0 Å². The van der Waals surface area contributed by atoms with Crippen molar-refractivity contribution in [1.82, 2.24) is 19.5 Å². The number of hydrogen-bond donors (Lipinski definition) is 1. The van der Waals surface area contributed by atoms with E-state index in [1.807, 2.05) is 12.1 Å². The van der Waals surface area contributed by atoms with E-state index in [0.29, 0.717) is 10.9 Å². The SMILES string of the molecule is Oc1c([C@H](c2ccco2)N2CCC(Cc3ccccc3)CC2)sc2ncnn12. The maximum Gasteiger partial charge on any atom is 0.230 e. The summed E-state index contributed by atoms with van der Waals surface area (Å²) in [5.41, 5.74) is 1.41. The van der Waals surface area contributed by atoms with Gasteiger partial charge in [-0.3, -0.25) is 4.90 Å². The molecule has 5 rings (SSSR count). The van der Waals surface area contributed by atoms with E-state index >= 15 is 0 Å². The number of hydrogen-bond acceptors (Lipinski definition) is 6. The lowest BCUT2D eigenvalue weighted by Gasteiger charge is -2.36. The highest BCUT2D eigenvalue weighted by molar-refractivity contribution is 7.17. The van der Waals surface area contributed by atoms with Crippen molar-refractivity contribution in [1.29, 1.82) is 0 Å². The molecule has 1 aromatic carbocycles. The zero-order chi connectivity index (χ0) is 18.9. The second-order valence-corrected chi connectivity index (χ2v) is 8.34. The summed E-state index contributed by atoms with van der Waals surface area (Å²) in [7, 11) is 0. The summed E-state index contributed by atoms with van der Waals surface area (Å²) in [4.78, 5) is 8.17. The number of rotatable bonds is 5. The van der Waals surface area contributed by atoms with E-state index in [2.05, 4.69) is 45.3 Å². The van der Waals surface area contributed by atoms with Gasteiger partial charge in [-0.25, -0.2) is 4.98 Å². The fourth-order valence-corrected chi connectivity index (χ4v) is 5.23. The maximum atomic E-state index is 10.7. The largest absolute Gasteiger partial charge is 0.492 e. The lowest BCUT2D eigenvalue weighted by molar-refractivity contribution is 0.138. The number of benzene rings is 1. The number of aromatic hydroxyl groups is 1. The number of fused-ring (bicyclic) bond motifs is 1. The molecule has 1 atom stereocenters. The van der Waals surface area contributed by atoms with Crippen LogP contribution in [0, 0.1) is 5.92 Å². The molecular formula is C21H22N4O2S. The van der Waals surface area contributed by atoms with Gasteiger partial charge in [0.2, 0.25) is 10.8 Å². The third-order valence-corrected chi connectivity index (χ3v) is 6.67. The Morgan fingerprint density at radius 3 is 2.68 bits per heavy atom. The molecule has 6 nitrogen and oxygen atoms in total. The first-order chi connectivity index (χ1) is 13.8. The van der Waals surface area contributed by atoms with Gasteiger partial charge in [0.1, 0.15) is 18.1 Å². The minimum atomic E-state index is -0.110. The van der Waals surface area contributed by atoms with Crippen molar-refractivity contribution in [2.45, 2.75) is 25.3 Å². The molecule has 0 bridgehead atoms. The highest BCUT2D eigenvalue weighted by Gasteiger charge is 2.33. The van der Waals surface area contributed by atoms with Crippen LogP contribution in [-0.4, -0.2) is 37.7 Å². The lowest BCUT2D eigenvalue weighted by atomic mass is 9.89. The molecular weight excluding hydrogens is 372 g/mol. The summed E-state index contributed by atoms with van der Waals surface area (Å²) >= 11 is 1.47. The van der Waals surface area contributed by atoms with Gasteiger partial charge in [-0.15, -0.1) is 0 Å². The molecule has 4 aromatic rings. The topological polar surface area (TPSA) is 66.8 Å². The first kappa shape index (κ1) is 17.5. The van der Waals surface area contributed by atoms with Crippen LogP contribution in [0.1, 0.15) is 35.1 Å². The lowest BCUT2D eigenvalue weighted by Crippen LogP contribution is -2.37. The molecule has 0 aliphatic carbocycles. The minimum Gasteiger partial charge on any atom is -0.492 e. The number of nitrogens with zero attached hydrogens (tertiary/aromatic N) is 4. The van der Waals surface area contributed by atoms with E-state index in [-0.39, 0.29) is 11.9 Å². The second kappa shape index (κ2) is 7.41. The highest BCUT2D eigenvalue weighted by Crippen LogP contribution is 2.41. The minimum absolute atomic E-state index is 0.110. The van der Waals surface area contributed by atoms with Crippen LogP contribution in [0.4, 0.5) is 0 Å². The molecule has 0 amide bonds. The zero-order valence-electron chi connectivity index (χ0n) is 15.4. The van der Waals surface area contributed by atoms with E-state index in [1.165, 1.54) is 27.7 Å². The number of thiazole rings is 1. The Morgan fingerprint density at radius 1 is 1.14 bits per heavy atom. The average Bonchev–Trinajstić information content (AvgIpc) is 3.46. The van der Waals surface area contributed by atoms with Crippen molar-refractivity contribution >= 4 is 16.3 Å². The van der Waals surface area contributed by atoms with Crippen molar-refractivity contribution in [3.8, 4) is 5.88 Å². The predicted molar refractivity (Wildman–Crippen MR) is 108 cm³/mol. The fraction of sp³-hybridized carbons (Fsp3) is 0.333. The molecule has 1 N–H and O–H groups in total. The van der Waals surface area contributed by atoms with Crippen molar-refractivity contribution in [3.63, 3.8) is 0 Å². The smallest absolute Gasteiger partial charge is 0.230 e. The van der Waals surface area contributed by atoms with Crippen LogP contribution >= 0.6 is 11.3 Å². The van der Waals surface area contributed by atoms with Gasteiger partial charge in [0.05, 0.1) is 11.1 Å². The van der Waals surface area contributed by atoms with Crippen molar-refractivity contribution in [2.24, 2.45) is 5.92 Å². The summed E-state index contributed by atoms with van der Waals surface area (Å²) in [6.07, 6.45) is 6.55. The molecule has 7 heteroatoms. The van der Waals surface area contributed by atoms with E-state index in [4.69, 9.17) is 4.42 Å². The summed E-state index contributed by atoms with van der Waals surface area (Å²) in [5.74, 6) is 1.69. The molecule has 0 unspecified atom stereocenters. The van der Waals surface area contributed by atoms with Gasteiger partial charge in [0.15, 0.2) is 0 Å². The van der Waals surface area contributed by atoms with Crippen LogP contribution in [0.5, 0.6) is 5.88 Å². The number of aromatic nitrogens is 3. The Kier molecular flexibility index (Phi) is 4.62. The van der Waals surface area contributed by atoms with Gasteiger partial charge < -0.3 is 9.52 Å². The normalized spacial score (nSPS) is 17.3. The van der Waals surface area contributed by atoms with Gasteiger partial charge in [-0.1, -0.05) is 41.7 Å². The molecule has 144 valence electrons. The third-order valence-electron chi connectivity index (χ3n) is 5.58. The molecule has 0 radical (unpaired) electrons. The number of piperidine rings is 1. The van der Waals surface area contributed by atoms with Crippen molar-refractivity contribution in [3.05, 3.63) is 71.3 Å². The van der Waals surface area contributed by atoms with Gasteiger partial charge in [0, 0.05) is 0 Å². The highest BCUT2D eigenvalue weighted by atomic mass is 32.1. The Labute approximate surface area is 167 Å². The quantitative estimate of drug-likeness (QED) is 0.551. The van der Waals surface area contributed by atoms with Gasteiger partial charge in [-0.05, 0) is 56.0 Å². The molecule has 4 heterocycles. The Hall–Kier alpha value is -2.64. The second-order valence-electron chi connectivity index (χ2n) is 7.33. The summed E-state index contributed by atoms with van der Waals surface area (Å²) < 4.78 is 7.26. The average molecular weight is 395 g/mol. The molecule has 0 spiro atoms. The Bertz CT molecular complexity index is 1030.